The molecule has 0 fully saturated rings. The summed E-state index contributed by atoms with van der Waals surface area (Å²) in [4.78, 5) is 12.3. The van der Waals surface area contributed by atoms with Crippen LogP contribution < -0.4 is 0 Å². The van der Waals surface area contributed by atoms with E-state index in [4.69, 9.17) is 43.3 Å². The number of aromatic nitrogens is 3. The van der Waals surface area contributed by atoms with Gasteiger partial charge in [0.15, 0.2) is 0 Å². The number of ether oxygens (including phenoxy) is 1. The fraction of sp³-hybridized carbons (Fsp3) is 0.429. The molecule has 0 aliphatic rings. The third kappa shape index (κ3) is 7.58. The molecule has 0 radical (unpaired) electrons. The molecular weight excluding hydrogens is 359 g/mol. The molecule has 24 heavy (non-hydrogen) atoms. The normalized spacial score (nSPS) is 11.5. The standard InChI is InChI=1S/C14H17Cl2N3O.HNO3/c1-2-3-6-20-14(8-19-10-17-9-18-19)12-5-4-11(15)7-13(12)16;2-1(3)4/h4-5,7,9-10,14H,2-3,6,8H2,1H3;(H,2,3,4). The van der Waals surface area contributed by atoms with Gasteiger partial charge in [-0.1, -0.05) is 42.6 Å². The van der Waals surface area contributed by atoms with Crippen LogP contribution in [-0.2, 0) is 11.3 Å². The maximum absolute atomic E-state index is 8.36. The first-order valence-corrected chi connectivity index (χ1v) is 7.91. The van der Waals surface area contributed by atoms with Crippen LogP contribution in [0, 0.1) is 10.1 Å². The highest BCUT2D eigenvalue weighted by Gasteiger charge is 2.17. The van der Waals surface area contributed by atoms with Crippen molar-refractivity contribution in [2.24, 2.45) is 0 Å². The van der Waals surface area contributed by atoms with E-state index in [1.54, 1.807) is 17.1 Å². The number of nitrogens with zero attached hydrogens (tertiary/aromatic N) is 4. The van der Waals surface area contributed by atoms with Gasteiger partial charge in [0, 0.05) is 22.2 Å². The highest BCUT2D eigenvalue weighted by molar-refractivity contribution is 6.35. The van der Waals surface area contributed by atoms with E-state index >= 15 is 0 Å². The van der Waals surface area contributed by atoms with Gasteiger partial charge in [-0.05, 0) is 18.6 Å². The fourth-order valence-corrected chi connectivity index (χ4v) is 2.40. The summed E-state index contributed by atoms with van der Waals surface area (Å²) in [5.74, 6) is 0. The van der Waals surface area contributed by atoms with Crippen LogP contribution in [-0.4, -0.2) is 31.7 Å². The molecule has 1 heterocycles. The zero-order valence-electron chi connectivity index (χ0n) is 13.0. The molecule has 132 valence electrons. The van der Waals surface area contributed by atoms with Gasteiger partial charge in [-0.2, -0.15) is 5.10 Å². The lowest BCUT2D eigenvalue weighted by Gasteiger charge is -2.19. The molecule has 0 saturated carbocycles. The molecule has 2 aromatic rings. The number of hydrogen-bond acceptors (Lipinski definition) is 5. The second-order valence-electron chi connectivity index (χ2n) is 4.73. The molecule has 8 nitrogen and oxygen atoms in total. The molecule has 10 heteroatoms. The Morgan fingerprint density at radius 1 is 1.46 bits per heavy atom. The minimum atomic E-state index is -1.50. The lowest BCUT2D eigenvalue weighted by Crippen LogP contribution is -2.14. The van der Waals surface area contributed by atoms with E-state index in [1.807, 2.05) is 12.1 Å². The third-order valence-corrected chi connectivity index (χ3v) is 3.51. The summed E-state index contributed by atoms with van der Waals surface area (Å²) in [6, 6.07) is 5.45. The summed E-state index contributed by atoms with van der Waals surface area (Å²) in [6.45, 7) is 3.39. The molecule has 1 aromatic carbocycles. The second kappa shape index (κ2) is 10.8. The first kappa shape index (κ1) is 20.1. The summed E-state index contributed by atoms with van der Waals surface area (Å²) in [5, 5.41) is 19.0. The minimum absolute atomic E-state index is 0.159. The van der Waals surface area contributed by atoms with E-state index in [1.165, 1.54) is 6.33 Å². The molecule has 1 N–H and O–H groups in total. The van der Waals surface area contributed by atoms with Crippen LogP contribution in [0.5, 0.6) is 0 Å². The molecule has 2 rings (SSSR count). The van der Waals surface area contributed by atoms with E-state index in [0.29, 0.717) is 23.2 Å². The van der Waals surface area contributed by atoms with Crippen LogP contribution in [0.15, 0.2) is 30.9 Å². The molecule has 1 atom stereocenters. The Bertz CT molecular complexity index is 621. The van der Waals surface area contributed by atoms with Crippen molar-refractivity contribution < 1.29 is 15.0 Å². The molecular formula is C14H18Cl2N4O4. The van der Waals surface area contributed by atoms with Crippen LogP contribution in [0.3, 0.4) is 0 Å². The highest BCUT2D eigenvalue weighted by atomic mass is 35.5. The maximum Gasteiger partial charge on any atom is 0.291 e. The van der Waals surface area contributed by atoms with Gasteiger partial charge in [-0.25, -0.2) is 4.98 Å². The van der Waals surface area contributed by atoms with Gasteiger partial charge in [-0.3, -0.25) is 4.68 Å². The summed E-state index contributed by atoms with van der Waals surface area (Å²) in [7, 11) is 0. The minimum Gasteiger partial charge on any atom is -0.372 e. The Hall–Kier alpha value is -1.90. The molecule has 0 bridgehead atoms. The number of unbranched alkanes of at least 4 members (excludes halogenated alkanes) is 1. The maximum atomic E-state index is 8.36. The number of rotatable bonds is 7. The van der Waals surface area contributed by atoms with Crippen molar-refractivity contribution in [1.29, 1.82) is 0 Å². The predicted octanol–water partition coefficient (Wildman–Crippen LogP) is 3.80. The van der Waals surface area contributed by atoms with Crippen molar-refractivity contribution >= 4 is 23.2 Å². The van der Waals surface area contributed by atoms with Crippen molar-refractivity contribution in [1.82, 2.24) is 14.8 Å². The molecule has 0 amide bonds. The molecule has 0 aliphatic carbocycles. The van der Waals surface area contributed by atoms with Crippen LogP contribution in [0.4, 0.5) is 0 Å². The van der Waals surface area contributed by atoms with E-state index in [2.05, 4.69) is 17.0 Å². The van der Waals surface area contributed by atoms with Crippen LogP contribution >= 0.6 is 23.2 Å². The monoisotopic (exact) mass is 376 g/mol. The molecule has 1 aromatic heterocycles. The van der Waals surface area contributed by atoms with Gasteiger partial charge in [0.2, 0.25) is 0 Å². The van der Waals surface area contributed by atoms with Crippen molar-refractivity contribution in [3.63, 3.8) is 0 Å². The van der Waals surface area contributed by atoms with E-state index in [0.717, 1.165) is 18.4 Å². The average molecular weight is 377 g/mol. The van der Waals surface area contributed by atoms with Crippen LogP contribution in [0.2, 0.25) is 10.0 Å². The lowest BCUT2D eigenvalue weighted by molar-refractivity contribution is -0.742. The Balaban J connectivity index is 0.000000648. The third-order valence-electron chi connectivity index (χ3n) is 2.95. The summed E-state index contributed by atoms with van der Waals surface area (Å²) < 4.78 is 7.68. The highest BCUT2D eigenvalue weighted by Crippen LogP contribution is 2.29. The Morgan fingerprint density at radius 3 is 2.71 bits per heavy atom. The van der Waals surface area contributed by atoms with Crippen molar-refractivity contribution in [3.05, 3.63) is 56.6 Å². The summed E-state index contributed by atoms with van der Waals surface area (Å²) >= 11 is 12.2. The van der Waals surface area contributed by atoms with Crippen molar-refractivity contribution in [2.45, 2.75) is 32.4 Å². The quantitative estimate of drug-likeness (QED) is 0.447. The van der Waals surface area contributed by atoms with Gasteiger partial charge >= 0.3 is 0 Å². The zero-order chi connectivity index (χ0) is 17.9. The van der Waals surface area contributed by atoms with Crippen LogP contribution in [0.25, 0.3) is 0 Å². The fourth-order valence-electron chi connectivity index (χ4n) is 1.87. The summed E-state index contributed by atoms with van der Waals surface area (Å²) in [6.07, 6.45) is 5.11. The Labute approximate surface area is 149 Å². The van der Waals surface area contributed by atoms with Gasteiger partial charge in [0.1, 0.15) is 18.8 Å². The lowest BCUT2D eigenvalue weighted by atomic mass is 10.1. The first-order chi connectivity index (χ1) is 11.4. The van der Waals surface area contributed by atoms with Crippen molar-refractivity contribution in [3.8, 4) is 0 Å². The number of halogens is 2. The first-order valence-electron chi connectivity index (χ1n) is 7.16. The van der Waals surface area contributed by atoms with Gasteiger partial charge in [0.25, 0.3) is 5.09 Å². The topological polar surface area (TPSA) is 103 Å². The Kier molecular flexibility index (Phi) is 9.06. The van der Waals surface area contributed by atoms with Gasteiger partial charge in [-0.15, -0.1) is 10.1 Å². The van der Waals surface area contributed by atoms with E-state index in [9.17, 15) is 0 Å². The molecule has 0 aliphatic heterocycles. The van der Waals surface area contributed by atoms with E-state index in [-0.39, 0.29) is 6.10 Å². The Morgan fingerprint density at radius 2 is 2.17 bits per heavy atom. The smallest absolute Gasteiger partial charge is 0.291 e. The van der Waals surface area contributed by atoms with E-state index < -0.39 is 5.09 Å². The molecule has 0 saturated heterocycles. The summed E-state index contributed by atoms with van der Waals surface area (Å²) in [5.41, 5.74) is 0.919. The van der Waals surface area contributed by atoms with Gasteiger partial charge in [0.05, 0.1) is 6.54 Å². The number of benzene rings is 1. The largest absolute Gasteiger partial charge is 0.372 e. The van der Waals surface area contributed by atoms with Gasteiger partial charge < -0.3 is 9.94 Å². The second-order valence-corrected chi connectivity index (χ2v) is 5.58. The number of hydrogen-bond donors (Lipinski definition) is 1. The van der Waals surface area contributed by atoms with Crippen molar-refractivity contribution in [2.75, 3.05) is 6.61 Å². The van der Waals surface area contributed by atoms with Crippen LogP contribution in [0.1, 0.15) is 31.4 Å². The average Bonchev–Trinajstić information content (AvgIpc) is 2.99. The zero-order valence-corrected chi connectivity index (χ0v) is 14.5. The SMILES string of the molecule is CCCCOC(Cn1cncn1)c1ccc(Cl)cc1Cl.O=[N+]([O-])O. The predicted molar refractivity (Wildman–Crippen MR) is 88.9 cm³/mol. The molecule has 0 spiro atoms. The molecule has 1 unspecified atom stereocenters.